The Balaban J connectivity index is 1.98. The van der Waals surface area contributed by atoms with E-state index in [-0.39, 0.29) is 11.6 Å². The molecular formula is C16H25N3O2. The quantitative estimate of drug-likeness (QED) is 0.747. The van der Waals surface area contributed by atoms with Crippen molar-refractivity contribution >= 4 is 11.7 Å². The minimum Gasteiger partial charge on any atom is -0.497 e. The van der Waals surface area contributed by atoms with Crippen LogP contribution in [0.1, 0.15) is 38.5 Å². The van der Waals surface area contributed by atoms with Crippen molar-refractivity contribution in [3.05, 3.63) is 24.3 Å². The molecule has 2 rings (SSSR count). The average Bonchev–Trinajstić information content (AvgIpc) is 2.73. The third-order valence-electron chi connectivity index (χ3n) is 4.16. The molecule has 1 aromatic rings. The van der Waals surface area contributed by atoms with E-state index in [1.807, 2.05) is 18.2 Å². The van der Waals surface area contributed by atoms with E-state index < -0.39 is 0 Å². The highest BCUT2D eigenvalue weighted by Gasteiger charge is 2.31. The molecule has 2 amide bonds. The number of rotatable bonds is 4. The Bertz CT molecular complexity index is 468. The lowest BCUT2D eigenvalue weighted by molar-refractivity contribution is 0.230. The van der Waals surface area contributed by atoms with Gasteiger partial charge in [-0.3, -0.25) is 0 Å². The van der Waals surface area contributed by atoms with Crippen molar-refractivity contribution in [3.63, 3.8) is 0 Å². The van der Waals surface area contributed by atoms with Gasteiger partial charge >= 0.3 is 6.03 Å². The average molecular weight is 291 g/mol. The fourth-order valence-corrected chi connectivity index (χ4v) is 2.89. The predicted octanol–water partition coefficient (Wildman–Crippen LogP) is 2.87. The van der Waals surface area contributed by atoms with Gasteiger partial charge in [0.1, 0.15) is 5.75 Å². The van der Waals surface area contributed by atoms with Gasteiger partial charge in [-0.05, 0) is 25.0 Å². The topological polar surface area (TPSA) is 76.4 Å². The zero-order chi connectivity index (χ0) is 15.1. The van der Waals surface area contributed by atoms with E-state index in [1.54, 1.807) is 13.2 Å². The number of amides is 2. The smallest absolute Gasteiger partial charge is 0.319 e. The van der Waals surface area contributed by atoms with Gasteiger partial charge in [-0.25, -0.2) is 4.79 Å². The van der Waals surface area contributed by atoms with E-state index in [0.717, 1.165) is 31.4 Å². The Hall–Kier alpha value is -1.75. The molecule has 1 saturated carbocycles. The minimum atomic E-state index is -0.264. The summed E-state index contributed by atoms with van der Waals surface area (Å²) in [7, 11) is 1.61. The van der Waals surface area contributed by atoms with E-state index in [0.29, 0.717) is 12.2 Å². The lowest BCUT2D eigenvalue weighted by Gasteiger charge is -2.32. The monoisotopic (exact) mass is 291 g/mol. The minimum absolute atomic E-state index is 0.199. The van der Waals surface area contributed by atoms with Gasteiger partial charge < -0.3 is 21.1 Å². The number of carbonyl (C=O) groups is 1. The number of anilines is 1. The van der Waals surface area contributed by atoms with E-state index >= 15 is 0 Å². The summed E-state index contributed by atoms with van der Waals surface area (Å²) in [6, 6.07) is 7.12. The molecule has 1 aromatic carbocycles. The maximum absolute atomic E-state index is 12.2. The molecule has 0 radical (unpaired) electrons. The van der Waals surface area contributed by atoms with Crippen LogP contribution in [-0.4, -0.2) is 25.2 Å². The summed E-state index contributed by atoms with van der Waals surface area (Å²) in [5.74, 6) is 0.718. The Labute approximate surface area is 126 Å². The van der Waals surface area contributed by atoms with Gasteiger partial charge in [0, 0.05) is 18.3 Å². The third kappa shape index (κ3) is 4.36. The molecule has 0 bridgehead atoms. The summed E-state index contributed by atoms with van der Waals surface area (Å²) >= 11 is 0. The summed E-state index contributed by atoms with van der Waals surface area (Å²) in [4.78, 5) is 12.2. The van der Waals surface area contributed by atoms with Crippen molar-refractivity contribution in [2.24, 2.45) is 5.73 Å². The van der Waals surface area contributed by atoms with Crippen LogP contribution in [0.5, 0.6) is 5.75 Å². The largest absolute Gasteiger partial charge is 0.497 e. The molecule has 1 aliphatic carbocycles. The van der Waals surface area contributed by atoms with Gasteiger partial charge in [0.25, 0.3) is 0 Å². The second kappa shape index (κ2) is 7.31. The first-order chi connectivity index (χ1) is 10.2. The highest BCUT2D eigenvalue weighted by Crippen LogP contribution is 2.26. The lowest BCUT2D eigenvalue weighted by atomic mass is 9.90. The molecule has 116 valence electrons. The summed E-state index contributed by atoms with van der Waals surface area (Å²) in [5, 5.41) is 5.95. The van der Waals surface area contributed by atoms with Crippen LogP contribution in [0.15, 0.2) is 24.3 Å². The number of nitrogens with one attached hydrogen (secondary N) is 2. The van der Waals surface area contributed by atoms with Crippen LogP contribution in [0.3, 0.4) is 0 Å². The van der Waals surface area contributed by atoms with Gasteiger partial charge in [0.15, 0.2) is 0 Å². The normalized spacial score (nSPS) is 17.6. The van der Waals surface area contributed by atoms with Crippen LogP contribution in [0, 0.1) is 0 Å². The molecule has 0 unspecified atom stereocenters. The van der Waals surface area contributed by atoms with Crippen molar-refractivity contribution in [3.8, 4) is 5.75 Å². The zero-order valence-corrected chi connectivity index (χ0v) is 12.7. The molecule has 5 heteroatoms. The number of carbonyl (C=O) groups excluding carboxylic acids is 1. The summed E-state index contributed by atoms with van der Waals surface area (Å²) in [6.07, 6.45) is 6.60. The van der Waals surface area contributed by atoms with Gasteiger partial charge in [-0.15, -0.1) is 0 Å². The van der Waals surface area contributed by atoms with E-state index in [4.69, 9.17) is 10.5 Å². The molecule has 1 fully saturated rings. The molecule has 21 heavy (non-hydrogen) atoms. The first-order valence-corrected chi connectivity index (χ1v) is 7.61. The van der Waals surface area contributed by atoms with E-state index in [2.05, 4.69) is 10.6 Å². The Morgan fingerprint density at radius 3 is 2.62 bits per heavy atom. The predicted molar refractivity (Wildman–Crippen MR) is 84.6 cm³/mol. The summed E-state index contributed by atoms with van der Waals surface area (Å²) < 4.78 is 5.15. The molecule has 4 N–H and O–H groups in total. The summed E-state index contributed by atoms with van der Waals surface area (Å²) in [6.45, 7) is 0.485. The second-order valence-electron chi connectivity index (χ2n) is 5.71. The first-order valence-electron chi connectivity index (χ1n) is 7.61. The number of hydrogen-bond donors (Lipinski definition) is 3. The Morgan fingerprint density at radius 1 is 1.29 bits per heavy atom. The molecule has 0 aromatic heterocycles. The SMILES string of the molecule is COc1cccc(NC(=O)NC2(CN)CCCCCC2)c1. The standard InChI is InChI=1S/C16H25N3O2/c1-21-14-8-6-7-13(11-14)18-15(20)19-16(12-17)9-4-2-3-5-10-16/h6-8,11H,2-5,9-10,12,17H2,1H3,(H2,18,19,20). The lowest BCUT2D eigenvalue weighted by Crippen LogP contribution is -2.54. The molecule has 0 spiro atoms. The fraction of sp³-hybridized carbons (Fsp3) is 0.562. The van der Waals surface area contributed by atoms with Crippen molar-refractivity contribution < 1.29 is 9.53 Å². The third-order valence-corrected chi connectivity index (χ3v) is 4.16. The van der Waals surface area contributed by atoms with Crippen molar-refractivity contribution in [1.82, 2.24) is 5.32 Å². The number of hydrogen-bond acceptors (Lipinski definition) is 3. The van der Waals surface area contributed by atoms with Gasteiger partial charge in [-0.1, -0.05) is 31.7 Å². The fourth-order valence-electron chi connectivity index (χ4n) is 2.89. The number of benzene rings is 1. The molecule has 5 nitrogen and oxygen atoms in total. The van der Waals surface area contributed by atoms with Crippen molar-refractivity contribution in [1.29, 1.82) is 0 Å². The second-order valence-corrected chi connectivity index (χ2v) is 5.71. The number of ether oxygens (including phenoxy) is 1. The Kier molecular flexibility index (Phi) is 5.44. The zero-order valence-electron chi connectivity index (χ0n) is 12.7. The maximum Gasteiger partial charge on any atom is 0.319 e. The van der Waals surface area contributed by atoms with Gasteiger partial charge in [-0.2, -0.15) is 0 Å². The van der Waals surface area contributed by atoms with E-state index in [1.165, 1.54) is 12.8 Å². The number of urea groups is 1. The van der Waals surface area contributed by atoms with Crippen molar-refractivity contribution in [2.45, 2.75) is 44.1 Å². The highest BCUT2D eigenvalue weighted by atomic mass is 16.5. The molecule has 0 saturated heterocycles. The van der Waals surface area contributed by atoms with Crippen LogP contribution in [0.4, 0.5) is 10.5 Å². The van der Waals surface area contributed by atoms with E-state index in [9.17, 15) is 4.79 Å². The number of methoxy groups -OCH3 is 1. The van der Waals surface area contributed by atoms with Gasteiger partial charge in [0.05, 0.1) is 12.6 Å². The molecule has 1 aliphatic rings. The Morgan fingerprint density at radius 2 is 2.00 bits per heavy atom. The summed E-state index contributed by atoms with van der Waals surface area (Å²) in [5.41, 5.74) is 6.38. The van der Waals surface area contributed by atoms with Gasteiger partial charge in [0.2, 0.25) is 0 Å². The molecule has 0 atom stereocenters. The molecule has 0 heterocycles. The first kappa shape index (κ1) is 15.6. The van der Waals surface area contributed by atoms with Crippen LogP contribution in [0.2, 0.25) is 0 Å². The molecular weight excluding hydrogens is 266 g/mol. The number of nitrogens with two attached hydrogens (primary N) is 1. The molecule has 0 aliphatic heterocycles. The highest BCUT2D eigenvalue weighted by molar-refractivity contribution is 5.90. The van der Waals surface area contributed by atoms with Crippen LogP contribution in [-0.2, 0) is 0 Å². The van der Waals surface area contributed by atoms with Crippen LogP contribution >= 0.6 is 0 Å². The van der Waals surface area contributed by atoms with Crippen molar-refractivity contribution in [2.75, 3.05) is 19.0 Å². The van der Waals surface area contributed by atoms with Crippen LogP contribution < -0.4 is 21.1 Å². The van der Waals surface area contributed by atoms with Crippen LogP contribution in [0.25, 0.3) is 0 Å². The maximum atomic E-state index is 12.2.